The highest BCUT2D eigenvalue weighted by molar-refractivity contribution is 7.89. The molecule has 0 spiro atoms. The van der Waals surface area contributed by atoms with E-state index in [1.165, 1.54) is 28.2 Å². The van der Waals surface area contributed by atoms with E-state index in [0.29, 0.717) is 23.1 Å². The van der Waals surface area contributed by atoms with Crippen LogP contribution in [0.2, 0.25) is 5.02 Å². The lowest BCUT2D eigenvalue weighted by Gasteiger charge is -2.31. The quantitative estimate of drug-likeness (QED) is 0.385. The van der Waals surface area contributed by atoms with Gasteiger partial charge < -0.3 is 14.6 Å². The summed E-state index contributed by atoms with van der Waals surface area (Å²) < 4.78 is 34.8. The zero-order chi connectivity index (χ0) is 24.4. The van der Waals surface area contributed by atoms with Crippen LogP contribution < -0.4 is 5.32 Å². The number of hydrogen-bond donors (Lipinski definition) is 1. The molecule has 0 saturated carbocycles. The second-order valence-electron chi connectivity index (χ2n) is 8.07. The molecule has 1 N–H and O–H groups in total. The highest BCUT2D eigenvalue weighted by Crippen LogP contribution is 2.28. The highest BCUT2D eigenvalue weighted by Gasteiger charge is 2.33. The van der Waals surface area contributed by atoms with Crippen molar-refractivity contribution < 1.29 is 13.2 Å². The monoisotopic (exact) mass is 530 g/mol. The number of hydrogen-bond acceptors (Lipinski definition) is 8. The standard InChI is InChI=1S/C23H23ClN6O3S2/c1-29-14-22(26-15-29)35(31,32)30-9-10-33-20(13-30)19-7-4-8-21(27-19)28-23-25-12-17(34-23)11-16-5-2-3-6-18(16)24/h2-8,12,14-15,20H,9-11,13H2,1H3,(H,25,27,28)/t20-/m1/s1. The van der Waals surface area contributed by atoms with E-state index in [9.17, 15) is 8.42 Å². The third-order valence-electron chi connectivity index (χ3n) is 5.53. The van der Waals surface area contributed by atoms with E-state index < -0.39 is 16.1 Å². The fourth-order valence-electron chi connectivity index (χ4n) is 3.76. The molecule has 1 fully saturated rings. The molecule has 5 rings (SSSR count). The minimum absolute atomic E-state index is 0.0281. The molecule has 0 radical (unpaired) electrons. The Bertz CT molecular complexity index is 1440. The van der Waals surface area contributed by atoms with Gasteiger partial charge in [0.1, 0.15) is 11.9 Å². The smallest absolute Gasteiger partial charge is 0.262 e. The van der Waals surface area contributed by atoms with E-state index >= 15 is 0 Å². The molecule has 1 aliphatic heterocycles. The SMILES string of the molecule is Cn1cnc(S(=O)(=O)N2CCO[C@@H](c3cccc(Nc4ncc(Cc5ccccc5Cl)s4)n3)C2)c1. The fraction of sp³-hybridized carbons (Fsp3) is 0.261. The van der Waals surface area contributed by atoms with Gasteiger partial charge in [-0.3, -0.25) is 0 Å². The van der Waals surface area contributed by atoms with Gasteiger partial charge in [-0.05, 0) is 23.8 Å². The van der Waals surface area contributed by atoms with E-state index in [4.69, 9.17) is 16.3 Å². The number of nitrogens with zero attached hydrogens (tertiary/aromatic N) is 5. The predicted octanol–water partition coefficient (Wildman–Crippen LogP) is 4.02. The molecule has 1 saturated heterocycles. The molecule has 0 bridgehead atoms. The maximum atomic E-state index is 13.0. The molecule has 0 aliphatic carbocycles. The molecule has 1 atom stereocenters. The summed E-state index contributed by atoms with van der Waals surface area (Å²) in [5, 5.41) is 4.71. The van der Waals surface area contributed by atoms with Crippen molar-refractivity contribution in [3.63, 3.8) is 0 Å². The first kappa shape index (κ1) is 23.9. The molecule has 182 valence electrons. The Morgan fingerprint density at radius 3 is 2.86 bits per heavy atom. The molecular formula is C23H23ClN6O3S2. The van der Waals surface area contributed by atoms with Crippen molar-refractivity contribution in [3.8, 4) is 0 Å². The average Bonchev–Trinajstić information content (AvgIpc) is 3.50. The van der Waals surface area contributed by atoms with Gasteiger partial charge in [0.25, 0.3) is 10.0 Å². The second kappa shape index (κ2) is 10.0. The number of nitrogens with one attached hydrogen (secondary N) is 1. The molecule has 9 nitrogen and oxygen atoms in total. The van der Waals surface area contributed by atoms with E-state index in [0.717, 1.165) is 15.5 Å². The minimum atomic E-state index is -3.71. The molecule has 1 aromatic carbocycles. The number of imidazole rings is 1. The lowest BCUT2D eigenvalue weighted by Crippen LogP contribution is -2.42. The van der Waals surface area contributed by atoms with Gasteiger partial charge in [-0.15, -0.1) is 11.3 Å². The van der Waals surface area contributed by atoms with Gasteiger partial charge in [-0.1, -0.05) is 35.9 Å². The van der Waals surface area contributed by atoms with Crippen LogP contribution in [0.4, 0.5) is 10.9 Å². The number of anilines is 2. The van der Waals surface area contributed by atoms with Crippen molar-refractivity contribution in [3.05, 3.63) is 82.3 Å². The van der Waals surface area contributed by atoms with Crippen LogP contribution in [0.1, 0.15) is 22.2 Å². The number of halogens is 1. The molecule has 35 heavy (non-hydrogen) atoms. The largest absolute Gasteiger partial charge is 0.369 e. The number of aryl methyl sites for hydroxylation is 1. The first-order valence-electron chi connectivity index (χ1n) is 10.9. The molecular weight excluding hydrogens is 508 g/mol. The van der Waals surface area contributed by atoms with Crippen LogP contribution in [-0.4, -0.2) is 51.9 Å². The van der Waals surface area contributed by atoms with E-state index in [-0.39, 0.29) is 24.7 Å². The number of rotatable bonds is 7. The van der Waals surface area contributed by atoms with Gasteiger partial charge in [0.05, 0.1) is 18.6 Å². The predicted molar refractivity (Wildman–Crippen MR) is 135 cm³/mol. The van der Waals surface area contributed by atoms with Crippen LogP contribution in [0.15, 0.2) is 66.2 Å². The van der Waals surface area contributed by atoms with Crippen LogP contribution >= 0.6 is 22.9 Å². The minimum Gasteiger partial charge on any atom is -0.369 e. The van der Waals surface area contributed by atoms with Crippen molar-refractivity contribution >= 4 is 43.9 Å². The van der Waals surface area contributed by atoms with Gasteiger partial charge in [0.2, 0.25) is 0 Å². The molecule has 12 heteroatoms. The molecule has 4 aromatic rings. The topological polar surface area (TPSA) is 102 Å². The lowest BCUT2D eigenvalue weighted by atomic mass is 10.1. The lowest BCUT2D eigenvalue weighted by molar-refractivity contribution is -0.00492. The van der Waals surface area contributed by atoms with E-state index in [1.54, 1.807) is 11.6 Å². The Hall–Kier alpha value is -2.83. The van der Waals surface area contributed by atoms with Crippen molar-refractivity contribution in [2.24, 2.45) is 7.05 Å². The van der Waals surface area contributed by atoms with Crippen LogP contribution in [-0.2, 0) is 28.2 Å². The van der Waals surface area contributed by atoms with Crippen molar-refractivity contribution in [1.82, 2.24) is 23.8 Å². The maximum absolute atomic E-state index is 13.0. The second-order valence-corrected chi connectivity index (χ2v) is 11.5. The normalized spacial score (nSPS) is 16.9. The summed E-state index contributed by atoms with van der Waals surface area (Å²) in [4.78, 5) is 14.2. The summed E-state index contributed by atoms with van der Waals surface area (Å²) in [6, 6.07) is 13.3. The Balaban J connectivity index is 1.28. The maximum Gasteiger partial charge on any atom is 0.262 e. The summed E-state index contributed by atoms with van der Waals surface area (Å²) in [5.41, 5.74) is 1.69. The third-order valence-corrected chi connectivity index (χ3v) is 8.56. The van der Waals surface area contributed by atoms with E-state index in [2.05, 4.69) is 20.3 Å². The zero-order valence-electron chi connectivity index (χ0n) is 18.8. The molecule has 4 heterocycles. The number of sulfonamides is 1. The number of aromatic nitrogens is 4. The summed E-state index contributed by atoms with van der Waals surface area (Å²) in [5.74, 6) is 0.606. The number of benzene rings is 1. The highest BCUT2D eigenvalue weighted by atomic mass is 35.5. The van der Waals surface area contributed by atoms with Gasteiger partial charge in [-0.25, -0.2) is 23.4 Å². The zero-order valence-corrected chi connectivity index (χ0v) is 21.2. The van der Waals surface area contributed by atoms with Crippen molar-refractivity contribution in [2.75, 3.05) is 25.0 Å². The van der Waals surface area contributed by atoms with Crippen molar-refractivity contribution in [2.45, 2.75) is 17.6 Å². The molecule has 1 aliphatic rings. The summed E-state index contributed by atoms with van der Waals surface area (Å²) in [6.07, 6.45) is 5.00. The van der Waals surface area contributed by atoms with Gasteiger partial charge in [0.15, 0.2) is 10.2 Å². The van der Waals surface area contributed by atoms with Gasteiger partial charge in [-0.2, -0.15) is 4.31 Å². The third kappa shape index (κ3) is 5.39. The van der Waals surface area contributed by atoms with Crippen LogP contribution in [0.25, 0.3) is 0 Å². The number of pyridine rings is 1. The van der Waals surface area contributed by atoms with Gasteiger partial charge >= 0.3 is 0 Å². The van der Waals surface area contributed by atoms with Gasteiger partial charge in [0, 0.05) is 48.9 Å². The molecule has 3 aromatic heterocycles. The number of ether oxygens (including phenoxy) is 1. The van der Waals surface area contributed by atoms with Crippen LogP contribution in [0, 0.1) is 0 Å². The Kier molecular flexibility index (Phi) is 6.85. The summed E-state index contributed by atoms with van der Waals surface area (Å²) in [7, 11) is -1.97. The van der Waals surface area contributed by atoms with E-state index in [1.807, 2.05) is 48.7 Å². The number of thiazole rings is 1. The Morgan fingerprint density at radius 2 is 2.06 bits per heavy atom. The Labute approximate surface area is 212 Å². The van der Waals surface area contributed by atoms with Crippen molar-refractivity contribution in [1.29, 1.82) is 0 Å². The Morgan fingerprint density at radius 1 is 1.20 bits per heavy atom. The summed E-state index contributed by atoms with van der Waals surface area (Å²) >= 11 is 7.80. The first-order chi connectivity index (χ1) is 16.9. The fourth-order valence-corrected chi connectivity index (χ4v) is 6.20. The first-order valence-corrected chi connectivity index (χ1v) is 13.5. The molecule has 0 unspecified atom stereocenters. The average molecular weight is 531 g/mol. The van der Waals surface area contributed by atoms with Crippen LogP contribution in [0.5, 0.6) is 0 Å². The van der Waals surface area contributed by atoms with Crippen LogP contribution in [0.3, 0.4) is 0 Å². The molecule has 0 amide bonds. The number of morpholine rings is 1. The summed E-state index contributed by atoms with van der Waals surface area (Å²) in [6.45, 7) is 0.698.